The lowest BCUT2D eigenvalue weighted by Gasteiger charge is -2.13. The number of methoxy groups -OCH3 is 2. The molecule has 0 aliphatic rings. The van der Waals surface area contributed by atoms with Crippen LogP contribution in [0.5, 0.6) is 5.75 Å². The van der Waals surface area contributed by atoms with E-state index in [1.165, 1.54) is 27.2 Å². The smallest absolute Gasteiger partial charge is 0.328 e. The lowest BCUT2D eigenvalue weighted by molar-refractivity contribution is -0.142. The minimum atomic E-state index is -0.742. The molecule has 1 unspecified atom stereocenters. The molecular weight excluding hydrogens is 236 g/mol. The number of hydrogen-bond donors (Lipinski definition) is 2. The van der Waals surface area contributed by atoms with Gasteiger partial charge in [-0.05, 0) is 25.1 Å². The van der Waals surface area contributed by atoms with Crippen molar-refractivity contribution in [1.29, 1.82) is 0 Å². The van der Waals surface area contributed by atoms with Crippen LogP contribution in [0.2, 0.25) is 0 Å². The van der Waals surface area contributed by atoms with Crippen LogP contribution in [-0.4, -0.2) is 32.1 Å². The monoisotopic (exact) mass is 252 g/mol. The summed E-state index contributed by atoms with van der Waals surface area (Å²) in [5.41, 5.74) is 6.32. The lowest BCUT2D eigenvalue weighted by atomic mass is 10.1. The molecule has 0 heterocycles. The quantitative estimate of drug-likeness (QED) is 0.604. The van der Waals surface area contributed by atoms with Crippen molar-refractivity contribution >= 4 is 17.6 Å². The first-order valence-corrected chi connectivity index (χ1v) is 5.31. The molecule has 3 N–H and O–H groups in total. The minimum Gasteiger partial charge on any atom is -0.496 e. The number of nitrogen functional groups attached to an aromatic ring is 1. The van der Waals surface area contributed by atoms with Gasteiger partial charge in [-0.3, -0.25) is 4.79 Å². The van der Waals surface area contributed by atoms with Crippen molar-refractivity contribution < 1.29 is 19.1 Å². The molecule has 1 rings (SSSR count). The van der Waals surface area contributed by atoms with Gasteiger partial charge in [0.2, 0.25) is 0 Å². The highest BCUT2D eigenvalue weighted by atomic mass is 16.5. The molecule has 0 aliphatic carbocycles. The number of nitrogens with one attached hydrogen (secondary N) is 1. The van der Waals surface area contributed by atoms with E-state index in [0.29, 0.717) is 11.4 Å². The Morgan fingerprint density at radius 2 is 2.00 bits per heavy atom. The van der Waals surface area contributed by atoms with Gasteiger partial charge in [-0.2, -0.15) is 0 Å². The molecule has 1 aromatic carbocycles. The van der Waals surface area contributed by atoms with E-state index in [1.807, 2.05) is 0 Å². The van der Waals surface area contributed by atoms with Crippen molar-refractivity contribution in [2.24, 2.45) is 0 Å². The number of rotatable bonds is 4. The predicted molar refractivity (Wildman–Crippen MR) is 66.4 cm³/mol. The van der Waals surface area contributed by atoms with E-state index in [-0.39, 0.29) is 5.56 Å². The molecule has 0 saturated heterocycles. The van der Waals surface area contributed by atoms with Crippen LogP contribution < -0.4 is 15.8 Å². The van der Waals surface area contributed by atoms with Gasteiger partial charge in [-0.1, -0.05) is 0 Å². The third-order valence-electron chi connectivity index (χ3n) is 2.37. The van der Waals surface area contributed by atoms with Crippen molar-refractivity contribution in [3.8, 4) is 5.75 Å². The molecule has 98 valence electrons. The second-order valence-electron chi connectivity index (χ2n) is 3.68. The van der Waals surface area contributed by atoms with E-state index in [9.17, 15) is 9.59 Å². The van der Waals surface area contributed by atoms with Gasteiger partial charge < -0.3 is 20.5 Å². The fraction of sp³-hybridized carbons (Fsp3) is 0.333. The van der Waals surface area contributed by atoms with E-state index < -0.39 is 17.9 Å². The van der Waals surface area contributed by atoms with Gasteiger partial charge in [0.05, 0.1) is 19.8 Å². The number of hydrogen-bond acceptors (Lipinski definition) is 5. The summed E-state index contributed by atoms with van der Waals surface area (Å²) in [6.45, 7) is 1.53. The van der Waals surface area contributed by atoms with E-state index in [2.05, 4.69) is 10.1 Å². The zero-order chi connectivity index (χ0) is 13.7. The van der Waals surface area contributed by atoms with Crippen LogP contribution in [-0.2, 0) is 9.53 Å². The topological polar surface area (TPSA) is 90.7 Å². The Morgan fingerprint density at radius 1 is 1.33 bits per heavy atom. The Bertz CT molecular complexity index is 459. The highest BCUT2D eigenvalue weighted by molar-refractivity contribution is 5.99. The number of carbonyl (C=O) groups is 2. The maximum atomic E-state index is 12.0. The van der Waals surface area contributed by atoms with Crippen LogP contribution in [0.3, 0.4) is 0 Å². The summed E-state index contributed by atoms with van der Waals surface area (Å²) in [6.07, 6.45) is 0. The number of esters is 1. The molecule has 1 aromatic rings. The number of anilines is 1. The first-order valence-electron chi connectivity index (χ1n) is 5.31. The summed E-state index contributed by atoms with van der Waals surface area (Å²) in [4.78, 5) is 23.2. The molecule has 0 fully saturated rings. The van der Waals surface area contributed by atoms with Gasteiger partial charge in [0.25, 0.3) is 5.91 Å². The van der Waals surface area contributed by atoms with E-state index in [4.69, 9.17) is 10.5 Å². The van der Waals surface area contributed by atoms with Gasteiger partial charge in [0, 0.05) is 5.69 Å². The zero-order valence-electron chi connectivity index (χ0n) is 10.5. The Kier molecular flexibility index (Phi) is 4.53. The third kappa shape index (κ3) is 3.13. The van der Waals surface area contributed by atoms with Gasteiger partial charge >= 0.3 is 5.97 Å². The first-order chi connectivity index (χ1) is 8.49. The van der Waals surface area contributed by atoms with E-state index in [1.54, 1.807) is 12.1 Å². The third-order valence-corrected chi connectivity index (χ3v) is 2.37. The summed E-state index contributed by atoms with van der Waals surface area (Å²) >= 11 is 0. The Hall–Kier alpha value is -2.24. The Morgan fingerprint density at radius 3 is 2.56 bits per heavy atom. The van der Waals surface area contributed by atoms with Crippen molar-refractivity contribution in [2.45, 2.75) is 13.0 Å². The molecule has 0 radical (unpaired) electrons. The normalized spacial score (nSPS) is 11.5. The van der Waals surface area contributed by atoms with Crippen LogP contribution in [0.4, 0.5) is 5.69 Å². The standard InChI is InChI=1S/C12H16N2O4/c1-7(12(16)18-3)14-11(15)9-6-8(13)4-5-10(9)17-2/h4-7H,13H2,1-3H3,(H,14,15). The summed E-state index contributed by atoms with van der Waals surface area (Å²) in [5.74, 6) is -0.581. The van der Waals surface area contributed by atoms with Crippen molar-refractivity contribution in [1.82, 2.24) is 5.32 Å². The van der Waals surface area contributed by atoms with Gasteiger partial charge in [-0.15, -0.1) is 0 Å². The molecule has 0 saturated carbocycles. The van der Waals surface area contributed by atoms with Crippen LogP contribution in [0.1, 0.15) is 17.3 Å². The first kappa shape index (κ1) is 13.8. The maximum absolute atomic E-state index is 12.0. The molecule has 1 atom stereocenters. The average Bonchev–Trinajstić information content (AvgIpc) is 2.37. The van der Waals surface area contributed by atoms with Crippen LogP contribution in [0.25, 0.3) is 0 Å². The fourth-order valence-electron chi connectivity index (χ4n) is 1.41. The SMILES string of the molecule is COC(=O)C(C)NC(=O)c1cc(N)ccc1OC. The van der Waals surface area contributed by atoms with Gasteiger partial charge in [0.15, 0.2) is 0 Å². The van der Waals surface area contributed by atoms with Crippen LogP contribution in [0.15, 0.2) is 18.2 Å². The fourth-order valence-corrected chi connectivity index (χ4v) is 1.41. The summed E-state index contributed by atoms with van der Waals surface area (Å²) < 4.78 is 9.58. The summed E-state index contributed by atoms with van der Waals surface area (Å²) in [5, 5.41) is 2.50. The molecule has 6 heteroatoms. The number of nitrogens with two attached hydrogens (primary N) is 1. The molecule has 0 aromatic heterocycles. The second-order valence-corrected chi connectivity index (χ2v) is 3.68. The Balaban J connectivity index is 2.90. The molecule has 18 heavy (non-hydrogen) atoms. The molecule has 0 aliphatic heterocycles. The van der Waals surface area contributed by atoms with Crippen LogP contribution in [0, 0.1) is 0 Å². The molecule has 6 nitrogen and oxygen atoms in total. The Labute approximate surface area is 105 Å². The number of carbonyl (C=O) groups excluding carboxylic acids is 2. The minimum absolute atomic E-state index is 0.272. The maximum Gasteiger partial charge on any atom is 0.328 e. The average molecular weight is 252 g/mol. The summed E-state index contributed by atoms with van der Waals surface area (Å²) in [7, 11) is 2.71. The highest BCUT2D eigenvalue weighted by Gasteiger charge is 2.19. The predicted octanol–water partition coefficient (Wildman–Crippen LogP) is 0.569. The van der Waals surface area contributed by atoms with Crippen LogP contribution >= 0.6 is 0 Å². The summed E-state index contributed by atoms with van der Waals surface area (Å²) in [6, 6.07) is 3.96. The van der Waals surface area contributed by atoms with E-state index >= 15 is 0 Å². The van der Waals surface area contributed by atoms with Crippen molar-refractivity contribution in [2.75, 3.05) is 20.0 Å². The highest BCUT2D eigenvalue weighted by Crippen LogP contribution is 2.20. The second kappa shape index (κ2) is 5.90. The number of amides is 1. The molecule has 1 amide bonds. The van der Waals surface area contributed by atoms with Crippen molar-refractivity contribution in [3.63, 3.8) is 0 Å². The van der Waals surface area contributed by atoms with Gasteiger partial charge in [0.1, 0.15) is 11.8 Å². The lowest BCUT2D eigenvalue weighted by Crippen LogP contribution is -2.39. The number of benzene rings is 1. The van der Waals surface area contributed by atoms with Gasteiger partial charge in [-0.25, -0.2) is 4.79 Å². The van der Waals surface area contributed by atoms with Crippen molar-refractivity contribution in [3.05, 3.63) is 23.8 Å². The molecule has 0 bridgehead atoms. The van der Waals surface area contributed by atoms with E-state index in [0.717, 1.165) is 0 Å². The number of ether oxygens (including phenoxy) is 2. The molecular formula is C12H16N2O4. The zero-order valence-corrected chi connectivity index (χ0v) is 10.5. The largest absolute Gasteiger partial charge is 0.496 e. The molecule has 0 spiro atoms.